The van der Waals surface area contributed by atoms with E-state index in [0.717, 1.165) is 31.4 Å². The number of nitrogens with zero attached hydrogens (tertiary/aromatic N) is 6. The Balaban J connectivity index is 0.00000352. The van der Waals surface area contributed by atoms with Crippen molar-refractivity contribution in [2.45, 2.75) is 14.7 Å². The summed E-state index contributed by atoms with van der Waals surface area (Å²) in [5.74, 6) is -4.67. The quantitative estimate of drug-likeness (QED) is 0.0357. The second-order valence-corrected chi connectivity index (χ2v) is 16.1. The molecule has 0 amide bonds. The molecule has 0 aliphatic heterocycles. The number of esters is 1. The Morgan fingerprint density at radius 1 is 0.578 bits per heavy atom. The number of aromatic carboxylic acids is 1. The molecule has 0 spiro atoms. The molecule has 0 aliphatic carbocycles. The number of methoxy groups -OCH3 is 1. The van der Waals surface area contributed by atoms with Gasteiger partial charge in [0.25, 0.3) is 0 Å². The van der Waals surface area contributed by atoms with Gasteiger partial charge in [-0.15, -0.1) is 25.6 Å². The Kier molecular flexibility index (Phi) is 20.0. The van der Waals surface area contributed by atoms with E-state index in [4.69, 9.17) is 5.73 Å². The van der Waals surface area contributed by atoms with Crippen molar-refractivity contribution < 1.29 is 187 Å². The fourth-order valence-electron chi connectivity index (χ4n) is 5.67. The second kappa shape index (κ2) is 22.5. The van der Waals surface area contributed by atoms with E-state index < -0.39 is 108 Å². The normalized spacial score (nSPS) is 11.8. The number of benzene rings is 6. The number of phenolic OH excluding ortho intramolecular Hbond substituents is 2. The van der Waals surface area contributed by atoms with E-state index in [-0.39, 0.29) is 152 Å². The number of carbonyl (C=O) groups is 2. The molecule has 22 nitrogen and oxygen atoms in total. The first-order valence-corrected chi connectivity index (χ1v) is 20.4. The predicted molar refractivity (Wildman–Crippen MR) is 201 cm³/mol. The molecule has 0 radical (unpaired) electrons. The number of aromatic hydroxyl groups is 2. The van der Waals surface area contributed by atoms with E-state index in [1.807, 2.05) is 0 Å². The van der Waals surface area contributed by atoms with Gasteiger partial charge >= 0.3 is 124 Å². The van der Waals surface area contributed by atoms with Crippen LogP contribution in [0.3, 0.4) is 0 Å². The number of azo groups is 3. The number of anilines is 1. The van der Waals surface area contributed by atoms with Crippen molar-refractivity contribution in [1.29, 1.82) is 0 Å². The number of nitrogens with two attached hydrogens (primary N) is 1. The Bertz CT molecular complexity index is 3290. The van der Waals surface area contributed by atoms with Gasteiger partial charge in [0.1, 0.15) is 53.1 Å². The Hall–Kier alpha value is -3.29. The van der Waals surface area contributed by atoms with Crippen LogP contribution in [0.2, 0.25) is 0 Å². The zero-order valence-corrected chi connectivity index (χ0v) is 44.2. The van der Waals surface area contributed by atoms with Crippen LogP contribution in [-0.2, 0) is 35.1 Å². The van der Waals surface area contributed by atoms with Gasteiger partial charge in [-0.1, -0.05) is 30.3 Å². The third-order valence-electron chi connectivity index (χ3n) is 8.38. The van der Waals surface area contributed by atoms with Crippen molar-refractivity contribution >= 4 is 104 Å². The van der Waals surface area contributed by atoms with E-state index in [9.17, 15) is 63.8 Å². The van der Waals surface area contributed by atoms with Gasteiger partial charge in [0.2, 0.25) is 0 Å². The third kappa shape index (κ3) is 12.2. The van der Waals surface area contributed by atoms with Gasteiger partial charge in [-0.3, -0.25) is 0 Å². The molecule has 0 saturated carbocycles. The predicted octanol–water partition coefficient (Wildman–Crippen LogP) is -6.89. The number of carboxylic acids is 1. The number of carbonyl (C=O) groups excluding carboxylic acids is 2. The summed E-state index contributed by atoms with van der Waals surface area (Å²) < 4.78 is 116. The molecule has 308 valence electrons. The van der Waals surface area contributed by atoms with Gasteiger partial charge in [-0.05, 0) is 60.0 Å². The molecule has 0 saturated heterocycles. The molecule has 29 heteroatoms. The SMILES string of the molecule is COC(=O)c1ccccc1N=Nc1c(S(=O)(=O)[O-])cc2c(S(=O)(=O)[O-])cc(N=Nc3ccc4c(O)c(N=Nc5ccccc5C(=O)[O-])c(S(=O)(=O)[O-])cc4c3)c(N)c2c1O.[Na+].[Na+].[Na+].[Na+]. The molecule has 0 aromatic heterocycles. The summed E-state index contributed by atoms with van der Waals surface area (Å²) in [7, 11) is -15.5. The Morgan fingerprint density at radius 2 is 1.06 bits per heavy atom. The van der Waals surface area contributed by atoms with Crippen LogP contribution in [0.4, 0.5) is 39.8 Å². The van der Waals surface area contributed by atoms with Gasteiger partial charge in [-0.2, -0.15) is 5.11 Å². The van der Waals surface area contributed by atoms with Crippen molar-refractivity contribution in [2.75, 3.05) is 12.8 Å². The summed E-state index contributed by atoms with van der Waals surface area (Å²) >= 11 is 0. The fraction of sp³-hybridized carbons (Fsp3) is 0.0286. The summed E-state index contributed by atoms with van der Waals surface area (Å²) in [6.07, 6.45) is 0. The number of hydrogen-bond acceptors (Lipinski definition) is 22. The first-order chi connectivity index (χ1) is 28.1. The van der Waals surface area contributed by atoms with Crippen LogP contribution in [0.15, 0.2) is 130 Å². The monoisotopic (exact) mass is 967 g/mol. The largest absolute Gasteiger partial charge is 1.00 e. The Morgan fingerprint density at radius 3 is 1.59 bits per heavy atom. The number of ether oxygens (including phenoxy) is 1. The average molecular weight is 968 g/mol. The first-order valence-electron chi connectivity index (χ1n) is 16.1. The van der Waals surface area contributed by atoms with Crippen molar-refractivity contribution in [3.05, 3.63) is 96.1 Å². The number of hydrogen-bond donors (Lipinski definition) is 3. The first kappa shape index (κ1) is 56.8. The maximum absolute atomic E-state index is 12.5. The molecule has 6 aromatic carbocycles. The zero-order chi connectivity index (χ0) is 43.9. The van der Waals surface area contributed by atoms with Crippen molar-refractivity contribution in [1.82, 2.24) is 0 Å². The molecule has 0 atom stereocenters. The minimum Gasteiger partial charge on any atom is -0.744 e. The standard InChI is InChI=1S/C35H25N7O15S3.4Na/c1-57-35(47)20-7-3-5-9-23(20)39-42-31-27(60(54,55)56)14-21-25(58(48,49)50)15-24(29(36)28(21)33(31)44)40-37-17-10-11-18-16(12-17)13-26(59(51,52)53)30(32(18)43)41-38-22-8-4-2-6-19(22)34(45)46;;;;/h2-15,43-44H,36H2,1H3,(H,45,46)(H,48,49,50)(H,51,52,53)(H,54,55,56);;;;/q;4*+1/p-4. The zero-order valence-electron chi connectivity index (χ0n) is 33.8. The van der Waals surface area contributed by atoms with Crippen LogP contribution in [-0.4, -0.2) is 68.2 Å². The average Bonchev–Trinajstić information content (AvgIpc) is 3.18. The van der Waals surface area contributed by atoms with Gasteiger partial charge in [-0.25, -0.2) is 30.0 Å². The Labute approximate surface area is 450 Å². The molecule has 0 bridgehead atoms. The number of phenols is 2. The molecule has 6 rings (SSSR count). The number of fused-ring (bicyclic) bond motifs is 2. The minimum absolute atomic E-state index is 0. The van der Waals surface area contributed by atoms with E-state index in [2.05, 4.69) is 35.4 Å². The molecule has 4 N–H and O–H groups in total. The molecule has 0 unspecified atom stereocenters. The summed E-state index contributed by atoms with van der Waals surface area (Å²) in [6.45, 7) is 0. The number of carboxylic acid groups (broad SMARTS) is 1. The van der Waals surface area contributed by atoms with Crippen LogP contribution < -0.4 is 129 Å². The smallest absolute Gasteiger partial charge is 0.744 e. The van der Waals surface area contributed by atoms with E-state index in [0.29, 0.717) is 12.1 Å². The van der Waals surface area contributed by atoms with E-state index in [1.54, 1.807) is 0 Å². The molecule has 6 aromatic rings. The topological polar surface area (TPSA) is 379 Å². The summed E-state index contributed by atoms with van der Waals surface area (Å²) in [5, 5.41) is 54.4. The van der Waals surface area contributed by atoms with Crippen molar-refractivity contribution in [3.63, 3.8) is 0 Å². The van der Waals surface area contributed by atoms with Gasteiger partial charge in [0.05, 0.1) is 55.8 Å². The third-order valence-corrected chi connectivity index (χ3v) is 11.0. The van der Waals surface area contributed by atoms with Crippen LogP contribution in [0.1, 0.15) is 20.7 Å². The molecule has 0 fully saturated rings. The van der Waals surface area contributed by atoms with Crippen molar-refractivity contribution in [2.24, 2.45) is 30.7 Å². The van der Waals surface area contributed by atoms with Crippen LogP contribution in [0.5, 0.6) is 11.5 Å². The number of nitrogen functional groups attached to an aromatic ring is 1. The molecule has 64 heavy (non-hydrogen) atoms. The summed E-state index contributed by atoms with van der Waals surface area (Å²) in [6, 6.07) is 15.6. The number of rotatable bonds is 11. The van der Waals surface area contributed by atoms with Crippen LogP contribution >= 0.6 is 0 Å². The van der Waals surface area contributed by atoms with E-state index >= 15 is 0 Å². The summed E-state index contributed by atoms with van der Waals surface area (Å²) in [4.78, 5) is 20.0. The van der Waals surface area contributed by atoms with Gasteiger partial charge in [0, 0.05) is 16.3 Å². The fourth-order valence-corrected chi connectivity index (χ4v) is 7.64. The van der Waals surface area contributed by atoms with Gasteiger partial charge < -0.3 is 44.2 Å². The maximum atomic E-state index is 12.5. The molecular weight excluding hydrogens is 947 g/mol. The summed E-state index contributed by atoms with van der Waals surface area (Å²) in [5.41, 5.74) is 1.74. The minimum atomic E-state index is -5.62. The van der Waals surface area contributed by atoms with Crippen LogP contribution in [0, 0.1) is 0 Å². The van der Waals surface area contributed by atoms with Crippen LogP contribution in [0.25, 0.3) is 21.5 Å². The molecule has 0 heterocycles. The molecule has 0 aliphatic rings. The second-order valence-electron chi connectivity index (χ2n) is 12.1. The van der Waals surface area contributed by atoms with Crippen molar-refractivity contribution in [3.8, 4) is 11.5 Å². The van der Waals surface area contributed by atoms with Gasteiger partial charge in [0.15, 0.2) is 11.5 Å². The molecular formula is C35H21N7Na4O15S3. The van der Waals surface area contributed by atoms with E-state index in [1.165, 1.54) is 48.5 Å². The maximum Gasteiger partial charge on any atom is 1.00 e.